The molecule has 0 aliphatic heterocycles. The fraction of sp³-hybridized carbons (Fsp3) is 0.591. The lowest BCUT2D eigenvalue weighted by molar-refractivity contribution is -0.145. The van der Waals surface area contributed by atoms with Gasteiger partial charge in [-0.2, -0.15) is 8.78 Å². The number of para-hydroxylation sites is 1. The molecule has 0 unspecified atom stereocenters. The van der Waals surface area contributed by atoms with E-state index in [0.717, 1.165) is 0 Å². The second kappa shape index (κ2) is 16.3. The Kier molecular flexibility index (Phi) is 14.9. The standard InChI is InChI=1S/C12H14F2O2.C10H18O4/c1-8(2)7-10(15)9-5-3-4-6-11(9)16-12(13)14;1-3-13-9(11)7-5-6-8-10(12)14-4-2/h3-6,8,12H,7H2,1-2H3;3-8H2,1-2H3. The Hall–Kier alpha value is -2.51. The molecule has 0 N–H and O–H groups in total. The molecular formula is C22H32F2O6. The predicted octanol–water partition coefficient (Wildman–Crippen LogP) is 5.19. The van der Waals surface area contributed by atoms with Gasteiger partial charge in [-0.25, -0.2) is 0 Å². The summed E-state index contributed by atoms with van der Waals surface area (Å²) in [6, 6.07) is 6.07. The van der Waals surface area contributed by atoms with Crippen LogP contribution in [0.25, 0.3) is 0 Å². The number of Topliss-reactive ketones (excluding diaryl/α,β-unsaturated/α-hetero) is 1. The molecular weight excluding hydrogens is 398 g/mol. The van der Waals surface area contributed by atoms with Gasteiger partial charge in [0.15, 0.2) is 5.78 Å². The maximum absolute atomic E-state index is 12.1. The number of carbonyl (C=O) groups is 3. The van der Waals surface area contributed by atoms with Crippen LogP contribution in [0.4, 0.5) is 8.78 Å². The zero-order valence-corrected chi connectivity index (χ0v) is 18.1. The van der Waals surface area contributed by atoms with E-state index < -0.39 is 6.61 Å². The highest BCUT2D eigenvalue weighted by Crippen LogP contribution is 2.22. The average Bonchev–Trinajstić information content (AvgIpc) is 2.65. The van der Waals surface area contributed by atoms with E-state index in [-0.39, 0.29) is 35.0 Å². The summed E-state index contributed by atoms with van der Waals surface area (Å²) in [6.45, 7) is 5.26. The highest BCUT2D eigenvalue weighted by atomic mass is 19.3. The van der Waals surface area contributed by atoms with Gasteiger partial charge in [-0.05, 0) is 44.7 Å². The van der Waals surface area contributed by atoms with Crippen LogP contribution in [0.1, 0.15) is 70.2 Å². The summed E-state index contributed by atoms with van der Waals surface area (Å²) in [7, 11) is 0. The number of unbranched alkanes of at least 4 members (excludes halogenated alkanes) is 1. The van der Waals surface area contributed by atoms with Crippen LogP contribution in [0.15, 0.2) is 24.3 Å². The minimum absolute atomic E-state index is 0.0526. The molecule has 8 heteroatoms. The zero-order valence-electron chi connectivity index (χ0n) is 18.1. The molecule has 1 aromatic carbocycles. The van der Waals surface area contributed by atoms with E-state index in [1.54, 1.807) is 26.0 Å². The molecule has 170 valence electrons. The number of hydrogen-bond donors (Lipinski definition) is 0. The number of benzene rings is 1. The predicted molar refractivity (Wildman–Crippen MR) is 109 cm³/mol. The van der Waals surface area contributed by atoms with Crippen LogP contribution in [0, 0.1) is 5.92 Å². The van der Waals surface area contributed by atoms with Crippen LogP contribution >= 0.6 is 0 Å². The number of ether oxygens (including phenoxy) is 3. The maximum Gasteiger partial charge on any atom is 0.387 e. The van der Waals surface area contributed by atoms with Gasteiger partial charge < -0.3 is 14.2 Å². The first-order chi connectivity index (χ1) is 14.2. The summed E-state index contributed by atoms with van der Waals surface area (Å²) in [4.78, 5) is 33.5. The Morgan fingerprint density at radius 1 is 0.900 bits per heavy atom. The lowest BCUT2D eigenvalue weighted by atomic mass is 10.0. The van der Waals surface area contributed by atoms with Gasteiger partial charge >= 0.3 is 18.6 Å². The molecule has 0 aliphatic rings. The SMILES string of the molecule is CC(C)CC(=O)c1ccccc1OC(F)F.CCOC(=O)CCCCC(=O)OCC. The van der Waals surface area contributed by atoms with Crippen LogP contribution in [0.5, 0.6) is 5.75 Å². The molecule has 30 heavy (non-hydrogen) atoms. The minimum Gasteiger partial charge on any atom is -0.466 e. The van der Waals surface area contributed by atoms with E-state index in [2.05, 4.69) is 4.74 Å². The second-order valence-corrected chi connectivity index (χ2v) is 6.71. The van der Waals surface area contributed by atoms with Gasteiger partial charge in [0.1, 0.15) is 5.75 Å². The highest BCUT2D eigenvalue weighted by Gasteiger charge is 2.15. The number of rotatable bonds is 12. The van der Waals surface area contributed by atoms with Crippen molar-refractivity contribution in [2.24, 2.45) is 5.92 Å². The van der Waals surface area contributed by atoms with Crippen LogP contribution in [0.2, 0.25) is 0 Å². The van der Waals surface area contributed by atoms with E-state index in [9.17, 15) is 23.2 Å². The highest BCUT2D eigenvalue weighted by molar-refractivity contribution is 5.98. The van der Waals surface area contributed by atoms with E-state index >= 15 is 0 Å². The number of alkyl halides is 2. The molecule has 0 radical (unpaired) electrons. The summed E-state index contributed by atoms with van der Waals surface area (Å²) < 4.78 is 38.0. The minimum atomic E-state index is -2.91. The smallest absolute Gasteiger partial charge is 0.387 e. The van der Waals surface area contributed by atoms with E-state index in [4.69, 9.17) is 9.47 Å². The molecule has 0 amide bonds. The molecule has 1 rings (SSSR count). The number of ketones is 1. The Bertz CT molecular complexity index is 626. The first-order valence-corrected chi connectivity index (χ1v) is 10.1. The number of esters is 2. The lowest BCUT2D eigenvalue weighted by Crippen LogP contribution is -2.09. The molecule has 0 saturated heterocycles. The van der Waals surface area contributed by atoms with Gasteiger partial charge in [0.05, 0.1) is 18.8 Å². The molecule has 0 spiro atoms. The monoisotopic (exact) mass is 430 g/mol. The Balaban J connectivity index is 0.000000567. The van der Waals surface area contributed by atoms with E-state index in [1.807, 2.05) is 13.8 Å². The van der Waals surface area contributed by atoms with E-state index in [1.165, 1.54) is 12.1 Å². The topological polar surface area (TPSA) is 78.9 Å². The van der Waals surface area contributed by atoms with Crippen molar-refractivity contribution < 1.29 is 37.4 Å². The Labute approximate surface area is 176 Å². The molecule has 0 aliphatic carbocycles. The van der Waals surface area contributed by atoms with Crippen molar-refractivity contribution in [2.75, 3.05) is 13.2 Å². The molecule has 0 fully saturated rings. The van der Waals surface area contributed by atoms with Crippen LogP contribution in [0.3, 0.4) is 0 Å². The van der Waals surface area contributed by atoms with Crippen molar-refractivity contribution in [1.29, 1.82) is 0 Å². The average molecular weight is 430 g/mol. The molecule has 0 heterocycles. The molecule has 0 aromatic heterocycles. The summed E-state index contributed by atoms with van der Waals surface area (Å²) in [5, 5.41) is 0. The lowest BCUT2D eigenvalue weighted by Gasteiger charge is -2.10. The van der Waals surface area contributed by atoms with Gasteiger partial charge in [0, 0.05) is 19.3 Å². The van der Waals surface area contributed by atoms with Crippen molar-refractivity contribution in [2.45, 2.75) is 66.4 Å². The number of hydrogen-bond acceptors (Lipinski definition) is 6. The van der Waals surface area contributed by atoms with Crippen molar-refractivity contribution in [3.8, 4) is 5.75 Å². The maximum atomic E-state index is 12.1. The van der Waals surface area contributed by atoms with Crippen molar-refractivity contribution in [3.63, 3.8) is 0 Å². The van der Waals surface area contributed by atoms with Gasteiger partial charge in [-0.3, -0.25) is 14.4 Å². The second-order valence-electron chi connectivity index (χ2n) is 6.71. The Morgan fingerprint density at radius 2 is 1.40 bits per heavy atom. The molecule has 0 bridgehead atoms. The third-order valence-electron chi connectivity index (χ3n) is 3.62. The van der Waals surface area contributed by atoms with Crippen molar-refractivity contribution >= 4 is 17.7 Å². The number of halogens is 2. The molecule has 1 aromatic rings. The molecule has 0 atom stereocenters. The fourth-order valence-electron chi connectivity index (χ4n) is 2.38. The largest absolute Gasteiger partial charge is 0.466 e. The Morgan fingerprint density at radius 3 is 1.83 bits per heavy atom. The quantitative estimate of drug-likeness (QED) is 0.258. The first-order valence-electron chi connectivity index (χ1n) is 10.1. The molecule has 0 saturated carbocycles. The first kappa shape index (κ1) is 27.5. The van der Waals surface area contributed by atoms with Crippen LogP contribution < -0.4 is 4.74 Å². The van der Waals surface area contributed by atoms with Gasteiger partial charge in [-0.1, -0.05) is 26.0 Å². The van der Waals surface area contributed by atoms with E-state index in [0.29, 0.717) is 45.3 Å². The normalized spacial score (nSPS) is 10.3. The van der Waals surface area contributed by atoms with Crippen molar-refractivity contribution in [1.82, 2.24) is 0 Å². The van der Waals surface area contributed by atoms with Gasteiger partial charge in [0.2, 0.25) is 0 Å². The van der Waals surface area contributed by atoms with Crippen LogP contribution in [-0.2, 0) is 19.1 Å². The third-order valence-corrected chi connectivity index (χ3v) is 3.62. The zero-order chi connectivity index (χ0) is 22.9. The van der Waals surface area contributed by atoms with Gasteiger partial charge in [0.25, 0.3) is 0 Å². The van der Waals surface area contributed by atoms with Gasteiger partial charge in [-0.15, -0.1) is 0 Å². The summed E-state index contributed by atoms with van der Waals surface area (Å²) >= 11 is 0. The fourth-order valence-corrected chi connectivity index (χ4v) is 2.38. The number of carbonyl (C=O) groups excluding carboxylic acids is 3. The third kappa shape index (κ3) is 13.6. The van der Waals surface area contributed by atoms with Crippen molar-refractivity contribution in [3.05, 3.63) is 29.8 Å². The summed E-state index contributed by atoms with van der Waals surface area (Å²) in [6.07, 6.45) is 2.44. The summed E-state index contributed by atoms with van der Waals surface area (Å²) in [5.41, 5.74) is 0.219. The molecule has 6 nitrogen and oxygen atoms in total. The van der Waals surface area contributed by atoms with Crippen LogP contribution in [-0.4, -0.2) is 37.5 Å². The summed E-state index contributed by atoms with van der Waals surface area (Å²) in [5.74, 6) is -0.436.